The molecule has 0 saturated heterocycles. The van der Waals surface area contributed by atoms with Gasteiger partial charge in [-0.2, -0.15) is 0 Å². The highest BCUT2D eigenvalue weighted by Gasteiger charge is 2.16. The molecule has 4 aromatic heterocycles. The van der Waals surface area contributed by atoms with Crippen LogP contribution in [0.2, 0.25) is 0 Å². The molecule has 0 aliphatic carbocycles. The predicted octanol–water partition coefficient (Wildman–Crippen LogP) is 13.2. The molecule has 4 aromatic rings. The number of unbranched alkanes of at least 4 members (excludes halogenated alkanes) is 16. The lowest BCUT2D eigenvalue weighted by Crippen LogP contribution is -1.80. The van der Waals surface area contributed by atoms with E-state index >= 15 is 0 Å². The maximum atomic E-state index is 3.46. The second kappa shape index (κ2) is 16.7. The molecule has 4 rings (SSSR count). The number of hydrogen-bond donors (Lipinski definition) is 0. The van der Waals surface area contributed by atoms with Crippen molar-refractivity contribution in [1.29, 1.82) is 0 Å². The summed E-state index contributed by atoms with van der Waals surface area (Å²) in [5.74, 6) is 13.8. The van der Waals surface area contributed by atoms with Crippen LogP contribution in [0, 0.1) is 23.7 Å². The maximum Gasteiger partial charge on any atom is 0.0899 e. The van der Waals surface area contributed by atoms with Gasteiger partial charge in [-0.1, -0.05) is 127 Å². The standard InChI is InChI=1S/C34H44S4/c1-3-5-7-9-11-13-15-17-19-21-23-27-25-29-31-32(37-33(29)35-27)30-26-28(36-34(30)38-31)24-22-20-18-16-14-12-10-8-6-4-2/h25-26H,3-20H2,1-2H3. The molecule has 0 unspecified atom stereocenters. The van der Waals surface area contributed by atoms with Crippen molar-refractivity contribution < 1.29 is 0 Å². The lowest BCUT2D eigenvalue weighted by molar-refractivity contribution is 0.579. The molecule has 0 aliphatic rings. The molecule has 4 heterocycles. The van der Waals surface area contributed by atoms with Crippen molar-refractivity contribution in [1.82, 2.24) is 0 Å². The van der Waals surface area contributed by atoms with Crippen molar-refractivity contribution in [2.24, 2.45) is 0 Å². The van der Waals surface area contributed by atoms with E-state index in [0.717, 1.165) is 12.8 Å². The van der Waals surface area contributed by atoms with Gasteiger partial charge in [0.1, 0.15) is 0 Å². The zero-order valence-electron chi connectivity index (χ0n) is 23.5. The molecule has 0 bridgehead atoms. The smallest absolute Gasteiger partial charge is 0.0899 e. The third-order valence-electron chi connectivity index (χ3n) is 7.21. The van der Waals surface area contributed by atoms with Gasteiger partial charge in [-0.25, -0.2) is 0 Å². The summed E-state index contributed by atoms with van der Waals surface area (Å²) in [4.78, 5) is 2.47. The van der Waals surface area contributed by atoms with Gasteiger partial charge >= 0.3 is 0 Å². The third kappa shape index (κ3) is 8.86. The second-order valence-electron chi connectivity index (χ2n) is 10.5. The topological polar surface area (TPSA) is 0 Å². The van der Waals surface area contributed by atoms with Gasteiger partial charge < -0.3 is 0 Å². The summed E-state index contributed by atoms with van der Waals surface area (Å²) in [7, 11) is 0. The van der Waals surface area contributed by atoms with Crippen molar-refractivity contribution in [2.75, 3.05) is 0 Å². The highest BCUT2D eigenvalue weighted by atomic mass is 32.2. The van der Waals surface area contributed by atoms with E-state index in [9.17, 15) is 0 Å². The first-order chi connectivity index (χ1) is 18.8. The fourth-order valence-corrected chi connectivity index (χ4v) is 10.2. The molecule has 0 atom stereocenters. The minimum absolute atomic E-state index is 1.04. The molecule has 204 valence electrons. The van der Waals surface area contributed by atoms with E-state index in [0.29, 0.717) is 0 Å². The van der Waals surface area contributed by atoms with Crippen LogP contribution in [0.3, 0.4) is 0 Å². The summed E-state index contributed by atoms with van der Waals surface area (Å²) in [6.45, 7) is 4.57. The van der Waals surface area contributed by atoms with Crippen LogP contribution in [-0.4, -0.2) is 0 Å². The van der Waals surface area contributed by atoms with Gasteiger partial charge in [0, 0.05) is 23.6 Å². The number of fused-ring (bicyclic) bond motifs is 5. The molecule has 0 nitrogen and oxygen atoms in total. The molecule has 38 heavy (non-hydrogen) atoms. The van der Waals surface area contributed by atoms with Crippen molar-refractivity contribution in [3.63, 3.8) is 0 Å². The molecule has 0 fully saturated rings. The zero-order valence-corrected chi connectivity index (χ0v) is 26.8. The Balaban J connectivity index is 1.23. The largest absolute Gasteiger partial charge is 0.123 e. The van der Waals surface area contributed by atoms with Crippen LogP contribution in [0.15, 0.2) is 12.1 Å². The lowest BCUT2D eigenvalue weighted by atomic mass is 10.1. The van der Waals surface area contributed by atoms with Gasteiger partial charge in [0.2, 0.25) is 0 Å². The van der Waals surface area contributed by atoms with Gasteiger partial charge in [-0.05, 0) is 25.0 Å². The van der Waals surface area contributed by atoms with Crippen molar-refractivity contribution in [2.45, 2.75) is 129 Å². The fraction of sp³-hybridized carbons (Fsp3) is 0.588. The molecule has 0 spiro atoms. The van der Waals surface area contributed by atoms with Gasteiger partial charge in [0.05, 0.1) is 27.2 Å². The van der Waals surface area contributed by atoms with Crippen LogP contribution in [0.5, 0.6) is 0 Å². The molecule has 0 radical (unpaired) electrons. The Morgan fingerprint density at radius 2 is 0.842 bits per heavy atom. The minimum atomic E-state index is 1.04. The van der Waals surface area contributed by atoms with Crippen molar-refractivity contribution >= 4 is 73.5 Å². The summed E-state index contributed by atoms with van der Waals surface area (Å²) in [5, 5.41) is 2.84. The highest BCUT2D eigenvalue weighted by Crippen LogP contribution is 2.49. The quantitative estimate of drug-likeness (QED) is 0.0913. The Kier molecular flexibility index (Phi) is 13.1. The lowest BCUT2D eigenvalue weighted by Gasteiger charge is -1.99. The molecular weight excluding hydrogens is 537 g/mol. The predicted molar refractivity (Wildman–Crippen MR) is 179 cm³/mol. The number of hydrogen-bond acceptors (Lipinski definition) is 4. The maximum absolute atomic E-state index is 3.46. The van der Waals surface area contributed by atoms with Crippen LogP contribution in [0.25, 0.3) is 28.2 Å². The van der Waals surface area contributed by atoms with Gasteiger partial charge in [-0.15, -0.1) is 45.3 Å². The summed E-state index contributed by atoms with van der Waals surface area (Å²) >= 11 is 7.66. The van der Waals surface area contributed by atoms with E-state index in [1.165, 1.54) is 141 Å². The zero-order chi connectivity index (χ0) is 26.4. The fourth-order valence-electron chi connectivity index (χ4n) is 4.97. The van der Waals surface area contributed by atoms with E-state index in [-0.39, 0.29) is 0 Å². The Bertz CT molecular complexity index is 1260. The Labute approximate surface area is 247 Å². The van der Waals surface area contributed by atoms with Crippen molar-refractivity contribution in [3.05, 3.63) is 21.9 Å². The number of rotatable bonds is 16. The number of thiophene rings is 4. The Hall–Kier alpha value is -1.30. The third-order valence-corrected chi connectivity index (χ3v) is 12.1. The van der Waals surface area contributed by atoms with E-state index in [1.54, 1.807) is 0 Å². The Morgan fingerprint density at radius 3 is 1.24 bits per heavy atom. The van der Waals surface area contributed by atoms with E-state index in [2.05, 4.69) is 49.7 Å². The van der Waals surface area contributed by atoms with Crippen LogP contribution in [0.4, 0.5) is 0 Å². The summed E-state index contributed by atoms with van der Waals surface area (Å²) in [5.41, 5.74) is 0. The first-order valence-corrected chi connectivity index (χ1v) is 18.4. The molecule has 0 amide bonds. The Morgan fingerprint density at radius 1 is 0.474 bits per heavy atom. The van der Waals surface area contributed by atoms with Crippen LogP contribution < -0.4 is 0 Å². The first kappa shape index (κ1) is 29.7. The van der Waals surface area contributed by atoms with Crippen LogP contribution in [0.1, 0.15) is 139 Å². The van der Waals surface area contributed by atoms with E-state index in [1.807, 2.05) is 45.3 Å². The minimum Gasteiger partial charge on any atom is -0.123 e. The molecule has 0 N–H and O–H groups in total. The highest BCUT2D eigenvalue weighted by molar-refractivity contribution is 7.49. The summed E-state index contributed by atoms with van der Waals surface area (Å²) in [6, 6.07) is 4.67. The first-order valence-electron chi connectivity index (χ1n) is 15.2. The molecular formula is C34H44S4. The van der Waals surface area contributed by atoms with Gasteiger partial charge in [0.15, 0.2) is 0 Å². The van der Waals surface area contributed by atoms with E-state index < -0.39 is 0 Å². The summed E-state index contributed by atoms with van der Waals surface area (Å²) < 4.78 is 5.77. The SMILES string of the molecule is CCCCCCCCCCC#Cc1cc2c(s1)sc1c3cc(C#CCCCCCCCCCC)sc3sc21. The van der Waals surface area contributed by atoms with Gasteiger partial charge in [-0.3, -0.25) is 0 Å². The van der Waals surface area contributed by atoms with E-state index in [4.69, 9.17) is 0 Å². The average Bonchev–Trinajstić information content (AvgIpc) is 3.65. The second-order valence-corrected chi connectivity index (χ2v) is 15.2. The average molecular weight is 581 g/mol. The molecule has 0 saturated carbocycles. The van der Waals surface area contributed by atoms with Crippen LogP contribution >= 0.6 is 45.3 Å². The monoisotopic (exact) mass is 580 g/mol. The molecule has 0 aliphatic heterocycles. The molecule has 0 aromatic carbocycles. The van der Waals surface area contributed by atoms with Crippen LogP contribution in [-0.2, 0) is 0 Å². The normalized spacial score (nSPS) is 11.3. The molecule has 4 heteroatoms. The summed E-state index contributed by atoms with van der Waals surface area (Å²) in [6.07, 6.45) is 23.9. The van der Waals surface area contributed by atoms with Gasteiger partial charge in [0.25, 0.3) is 0 Å². The van der Waals surface area contributed by atoms with Crippen molar-refractivity contribution in [3.8, 4) is 23.7 Å².